The Kier molecular flexibility index (Phi) is 5.34. The normalized spacial score (nSPS) is 10.5. The molecule has 116 valence electrons. The van der Waals surface area contributed by atoms with E-state index in [1.54, 1.807) is 18.2 Å². The van der Waals surface area contributed by atoms with Crippen LogP contribution in [0.15, 0.2) is 57.9 Å². The Morgan fingerprint density at radius 3 is 2.65 bits per heavy atom. The molecule has 0 aliphatic rings. The van der Waals surface area contributed by atoms with Gasteiger partial charge in [0.2, 0.25) is 0 Å². The fourth-order valence-corrected chi connectivity index (χ4v) is 4.13. The number of benzene rings is 2. The molecule has 0 atom stereocenters. The van der Waals surface area contributed by atoms with E-state index in [1.807, 2.05) is 30.3 Å². The quantitative estimate of drug-likeness (QED) is 0.419. The maximum atomic E-state index is 11.4. The fraction of sp³-hybridized carbons (Fsp3) is 0.0588. The monoisotopic (exact) mass is 455 g/mol. The van der Waals surface area contributed by atoms with Crippen LogP contribution in [0.1, 0.15) is 16.1 Å². The summed E-state index contributed by atoms with van der Waals surface area (Å²) in [7, 11) is 0. The van der Waals surface area contributed by atoms with E-state index in [1.165, 1.54) is 0 Å². The summed E-state index contributed by atoms with van der Waals surface area (Å²) in [6.07, 6.45) is 0. The van der Waals surface area contributed by atoms with E-state index in [0.29, 0.717) is 17.9 Å². The van der Waals surface area contributed by atoms with Crippen molar-refractivity contribution in [2.75, 3.05) is 0 Å². The summed E-state index contributed by atoms with van der Waals surface area (Å²) in [5.74, 6) is 0.480. The summed E-state index contributed by atoms with van der Waals surface area (Å²) >= 11 is 9.18. The Balaban J connectivity index is 1.73. The summed E-state index contributed by atoms with van der Waals surface area (Å²) in [6.45, 7) is 0.322. The van der Waals surface area contributed by atoms with Crippen LogP contribution < -0.4 is 4.74 Å². The molecule has 0 bridgehead atoms. The molecule has 0 fully saturated rings. The van der Waals surface area contributed by atoms with Crippen LogP contribution in [-0.2, 0) is 6.61 Å². The minimum absolute atomic E-state index is 0.189. The van der Waals surface area contributed by atoms with Crippen molar-refractivity contribution >= 4 is 47.3 Å². The number of hydrogen-bond acceptors (Lipinski definition) is 3. The summed E-state index contributed by atoms with van der Waals surface area (Å²) < 4.78 is 7.83. The molecule has 3 rings (SSSR count). The third-order valence-electron chi connectivity index (χ3n) is 3.12. The number of rotatable bonds is 5. The van der Waals surface area contributed by atoms with Crippen LogP contribution in [0.5, 0.6) is 5.75 Å². The van der Waals surface area contributed by atoms with Crippen LogP contribution in [0.25, 0.3) is 10.1 Å². The van der Waals surface area contributed by atoms with E-state index in [2.05, 4.69) is 25.9 Å². The zero-order chi connectivity index (χ0) is 16.2. The van der Waals surface area contributed by atoms with Gasteiger partial charge in [-0.05, 0) is 0 Å². The molecule has 1 aromatic heterocycles. The maximum absolute atomic E-state index is 11.4. The standard InChI is InChI=1S/C17H11BrClNO2Se/c18-12-7-5-11(6-8-12)17-20-13(10-23-17)9-22-15-4-2-1-3-14(15)16(19)21/h1-8,10H,9H2. The number of para-hydroxylation sites is 1. The summed E-state index contributed by atoms with van der Waals surface area (Å²) in [4.78, 5) is 18.1. The average Bonchev–Trinajstić information content (AvgIpc) is 3.03. The van der Waals surface area contributed by atoms with Crippen molar-refractivity contribution in [3.8, 4) is 15.9 Å². The predicted molar refractivity (Wildman–Crippen MR) is 95.3 cm³/mol. The topological polar surface area (TPSA) is 39.2 Å². The second-order valence-electron chi connectivity index (χ2n) is 4.71. The van der Waals surface area contributed by atoms with Gasteiger partial charge >= 0.3 is 153 Å². The fourth-order valence-electron chi connectivity index (χ4n) is 2.00. The van der Waals surface area contributed by atoms with Crippen molar-refractivity contribution in [3.63, 3.8) is 0 Å². The molecule has 2 aromatic carbocycles. The Hall–Kier alpha value is -1.39. The Bertz CT molecular complexity index is 833. The molecule has 6 heteroatoms. The first-order valence-electron chi connectivity index (χ1n) is 6.75. The number of halogens is 2. The number of hydrogen-bond donors (Lipinski definition) is 0. The molecule has 23 heavy (non-hydrogen) atoms. The van der Waals surface area contributed by atoms with Crippen molar-refractivity contribution in [1.82, 2.24) is 4.98 Å². The van der Waals surface area contributed by atoms with Crippen LogP contribution in [0, 0.1) is 0 Å². The van der Waals surface area contributed by atoms with Crippen LogP contribution in [0.3, 0.4) is 0 Å². The first-order chi connectivity index (χ1) is 11.1. The third kappa shape index (κ3) is 4.12. The van der Waals surface area contributed by atoms with Gasteiger partial charge < -0.3 is 0 Å². The van der Waals surface area contributed by atoms with Crippen molar-refractivity contribution < 1.29 is 9.53 Å². The molecule has 0 aliphatic heterocycles. The van der Waals surface area contributed by atoms with Crippen LogP contribution in [0.4, 0.5) is 0 Å². The van der Waals surface area contributed by atoms with Gasteiger partial charge in [-0.3, -0.25) is 0 Å². The van der Waals surface area contributed by atoms with Crippen molar-refractivity contribution in [3.05, 3.63) is 69.2 Å². The second kappa shape index (κ2) is 7.45. The number of carbonyl (C=O) groups excluding carboxylic acids is 1. The van der Waals surface area contributed by atoms with Gasteiger partial charge in [0.15, 0.2) is 0 Å². The number of nitrogens with zero attached hydrogens (tertiary/aromatic N) is 1. The molecule has 3 nitrogen and oxygen atoms in total. The van der Waals surface area contributed by atoms with Gasteiger partial charge in [-0.15, -0.1) is 0 Å². The van der Waals surface area contributed by atoms with E-state index in [0.717, 1.165) is 20.3 Å². The Morgan fingerprint density at radius 2 is 1.91 bits per heavy atom. The van der Waals surface area contributed by atoms with E-state index < -0.39 is 5.24 Å². The van der Waals surface area contributed by atoms with Gasteiger partial charge in [0, 0.05) is 0 Å². The Morgan fingerprint density at radius 1 is 1.17 bits per heavy atom. The van der Waals surface area contributed by atoms with E-state index in [9.17, 15) is 4.79 Å². The summed E-state index contributed by atoms with van der Waals surface area (Å²) in [5, 5.41) is -0.524. The number of aromatic nitrogens is 1. The van der Waals surface area contributed by atoms with E-state index in [-0.39, 0.29) is 14.5 Å². The predicted octanol–water partition coefficient (Wildman–Crippen LogP) is 4.53. The minimum atomic E-state index is -0.524. The molecule has 0 unspecified atom stereocenters. The van der Waals surface area contributed by atoms with Crippen LogP contribution in [0.2, 0.25) is 0 Å². The van der Waals surface area contributed by atoms with Gasteiger partial charge in [-0.2, -0.15) is 0 Å². The molecule has 0 aliphatic carbocycles. The molecule has 0 N–H and O–H groups in total. The first-order valence-corrected chi connectivity index (χ1v) is 9.77. The molecular formula is C17H11BrClNO2Se. The SMILES string of the molecule is O=C(Cl)c1ccccc1OCc1c[se]c(-c2ccc(Br)cc2)n1. The summed E-state index contributed by atoms with van der Waals surface area (Å²) in [6, 6.07) is 15.0. The molecule has 0 spiro atoms. The molecule has 0 saturated carbocycles. The molecule has 1 heterocycles. The van der Waals surface area contributed by atoms with Crippen LogP contribution in [-0.4, -0.2) is 24.7 Å². The number of carbonyl (C=O) groups is 1. The van der Waals surface area contributed by atoms with Gasteiger partial charge in [-0.1, -0.05) is 0 Å². The summed E-state index contributed by atoms with van der Waals surface area (Å²) in [5.41, 5.74) is 2.37. The number of ether oxygens (including phenoxy) is 1. The first kappa shape index (κ1) is 16.5. The van der Waals surface area contributed by atoms with Gasteiger partial charge in [-0.25, -0.2) is 0 Å². The van der Waals surface area contributed by atoms with Gasteiger partial charge in [0.25, 0.3) is 0 Å². The molecule has 3 aromatic rings. The molecule has 0 amide bonds. The van der Waals surface area contributed by atoms with E-state index in [4.69, 9.17) is 16.3 Å². The molecule has 0 saturated heterocycles. The Labute approximate surface area is 153 Å². The van der Waals surface area contributed by atoms with Gasteiger partial charge in [0.1, 0.15) is 0 Å². The molecule has 0 radical (unpaired) electrons. The molecular weight excluding hydrogens is 445 g/mol. The van der Waals surface area contributed by atoms with Gasteiger partial charge in [0.05, 0.1) is 0 Å². The third-order valence-corrected chi connectivity index (χ3v) is 5.82. The zero-order valence-corrected chi connectivity index (χ0v) is 15.9. The van der Waals surface area contributed by atoms with Crippen LogP contribution >= 0.6 is 27.5 Å². The van der Waals surface area contributed by atoms with E-state index >= 15 is 0 Å². The van der Waals surface area contributed by atoms with Crippen molar-refractivity contribution in [1.29, 1.82) is 0 Å². The van der Waals surface area contributed by atoms with Crippen molar-refractivity contribution in [2.24, 2.45) is 0 Å². The zero-order valence-electron chi connectivity index (χ0n) is 11.8. The van der Waals surface area contributed by atoms with Crippen molar-refractivity contribution in [2.45, 2.75) is 6.61 Å². The average molecular weight is 456 g/mol. The second-order valence-corrected chi connectivity index (χ2v) is 7.77.